The van der Waals surface area contributed by atoms with Gasteiger partial charge in [0.05, 0.1) is 16.3 Å². The van der Waals surface area contributed by atoms with E-state index in [0.29, 0.717) is 11.4 Å². The lowest BCUT2D eigenvalue weighted by atomic mass is 10.1. The lowest BCUT2D eigenvalue weighted by Crippen LogP contribution is -2.23. The highest BCUT2D eigenvalue weighted by atomic mass is 32.2. The van der Waals surface area contributed by atoms with Gasteiger partial charge in [-0.3, -0.25) is 9.59 Å². The number of carbonyl (C=O) groups is 2. The zero-order valence-electron chi connectivity index (χ0n) is 18.6. The highest BCUT2D eigenvalue weighted by Crippen LogP contribution is 2.28. The Balaban J connectivity index is 1.47. The van der Waals surface area contributed by atoms with Crippen LogP contribution < -0.4 is 10.6 Å². The first-order chi connectivity index (χ1) is 16.0. The number of aromatic nitrogens is 2. The first kappa shape index (κ1) is 22.6. The minimum Gasteiger partial charge on any atom is -0.326 e. The van der Waals surface area contributed by atoms with Crippen LogP contribution in [0.2, 0.25) is 0 Å². The summed E-state index contributed by atoms with van der Waals surface area (Å²) in [5, 5.41) is 6.15. The van der Waals surface area contributed by atoms with Crippen LogP contribution in [-0.4, -0.2) is 26.6 Å². The average molecular weight is 459 g/mol. The maximum Gasteiger partial charge on any atom is 0.237 e. The summed E-state index contributed by atoms with van der Waals surface area (Å²) in [5.74, 6) is -0.235. The maximum absolute atomic E-state index is 12.8. The second-order valence-corrected chi connectivity index (χ2v) is 9.09. The van der Waals surface area contributed by atoms with Crippen molar-refractivity contribution in [2.45, 2.75) is 37.2 Å². The zero-order valence-corrected chi connectivity index (χ0v) is 19.4. The van der Waals surface area contributed by atoms with Crippen LogP contribution in [0.1, 0.15) is 19.4 Å². The number of imidazole rings is 1. The minimum atomic E-state index is -0.340. The van der Waals surface area contributed by atoms with Crippen molar-refractivity contribution in [3.63, 3.8) is 0 Å². The lowest BCUT2D eigenvalue weighted by molar-refractivity contribution is -0.115. The van der Waals surface area contributed by atoms with Gasteiger partial charge in [0.25, 0.3) is 0 Å². The molecule has 7 heteroatoms. The second kappa shape index (κ2) is 10.4. The molecule has 0 spiro atoms. The van der Waals surface area contributed by atoms with Crippen LogP contribution >= 0.6 is 11.8 Å². The van der Waals surface area contributed by atoms with E-state index in [-0.39, 0.29) is 17.1 Å². The van der Waals surface area contributed by atoms with E-state index in [4.69, 9.17) is 4.98 Å². The van der Waals surface area contributed by atoms with Gasteiger partial charge in [0, 0.05) is 24.8 Å². The van der Waals surface area contributed by atoms with Crippen molar-refractivity contribution in [3.8, 4) is 0 Å². The summed E-state index contributed by atoms with van der Waals surface area (Å²) >= 11 is 1.45. The molecule has 33 heavy (non-hydrogen) atoms. The van der Waals surface area contributed by atoms with Crippen molar-refractivity contribution in [2.24, 2.45) is 0 Å². The molecule has 1 heterocycles. The number of anilines is 2. The van der Waals surface area contributed by atoms with Gasteiger partial charge in [-0.05, 0) is 55.3 Å². The van der Waals surface area contributed by atoms with Crippen LogP contribution in [0.25, 0.3) is 11.0 Å². The molecule has 4 aromatic rings. The smallest absolute Gasteiger partial charge is 0.237 e. The molecule has 1 aromatic heterocycles. The number of thioether (sulfide) groups is 1. The van der Waals surface area contributed by atoms with E-state index >= 15 is 0 Å². The maximum atomic E-state index is 12.8. The highest BCUT2D eigenvalue weighted by Gasteiger charge is 2.19. The molecule has 0 saturated heterocycles. The van der Waals surface area contributed by atoms with Gasteiger partial charge in [-0.2, -0.15) is 0 Å². The van der Waals surface area contributed by atoms with Gasteiger partial charge in [0.1, 0.15) is 0 Å². The summed E-state index contributed by atoms with van der Waals surface area (Å²) in [4.78, 5) is 28.8. The van der Waals surface area contributed by atoms with Gasteiger partial charge in [-0.25, -0.2) is 4.98 Å². The van der Waals surface area contributed by atoms with Crippen LogP contribution in [0.15, 0.2) is 84.0 Å². The largest absolute Gasteiger partial charge is 0.326 e. The number of aryl methyl sites for hydroxylation is 2. The van der Waals surface area contributed by atoms with Gasteiger partial charge in [0.2, 0.25) is 11.8 Å². The number of nitrogens with zero attached hydrogens (tertiary/aromatic N) is 2. The van der Waals surface area contributed by atoms with E-state index in [0.717, 1.165) is 29.2 Å². The van der Waals surface area contributed by atoms with Crippen molar-refractivity contribution in [2.75, 3.05) is 10.6 Å². The van der Waals surface area contributed by atoms with Gasteiger partial charge >= 0.3 is 0 Å². The van der Waals surface area contributed by atoms with Crippen LogP contribution in [-0.2, 0) is 22.6 Å². The molecule has 1 atom stereocenters. The third kappa shape index (κ3) is 5.81. The van der Waals surface area contributed by atoms with Gasteiger partial charge in [-0.1, -0.05) is 54.2 Å². The molecule has 3 aromatic carbocycles. The molecular weight excluding hydrogens is 432 g/mol. The fourth-order valence-corrected chi connectivity index (χ4v) is 4.49. The number of carbonyl (C=O) groups excluding carboxylic acids is 2. The van der Waals surface area contributed by atoms with Crippen molar-refractivity contribution in [1.29, 1.82) is 0 Å². The van der Waals surface area contributed by atoms with Crippen molar-refractivity contribution >= 4 is 46.0 Å². The number of hydrogen-bond acceptors (Lipinski definition) is 4. The Morgan fingerprint density at radius 1 is 0.909 bits per heavy atom. The van der Waals surface area contributed by atoms with E-state index < -0.39 is 0 Å². The Morgan fingerprint density at radius 3 is 2.24 bits per heavy atom. The molecule has 168 valence electrons. The lowest BCUT2D eigenvalue weighted by Gasteiger charge is -2.14. The van der Waals surface area contributed by atoms with E-state index in [1.807, 2.05) is 43.3 Å². The van der Waals surface area contributed by atoms with Gasteiger partial charge < -0.3 is 15.2 Å². The number of benzene rings is 3. The monoisotopic (exact) mass is 458 g/mol. The van der Waals surface area contributed by atoms with Crippen molar-refractivity contribution < 1.29 is 9.59 Å². The van der Waals surface area contributed by atoms with Crippen LogP contribution in [0.4, 0.5) is 11.4 Å². The Hall–Kier alpha value is -3.58. The molecule has 0 aliphatic heterocycles. The quantitative estimate of drug-likeness (QED) is 0.349. The Labute approximate surface area is 197 Å². The normalized spacial score (nSPS) is 11.8. The number of para-hydroxylation sites is 2. The van der Waals surface area contributed by atoms with Gasteiger partial charge in [0.15, 0.2) is 5.16 Å². The molecule has 6 nitrogen and oxygen atoms in total. The molecule has 0 aliphatic carbocycles. The average Bonchev–Trinajstić information content (AvgIpc) is 3.16. The fourth-order valence-electron chi connectivity index (χ4n) is 3.54. The molecule has 0 aliphatic rings. The van der Waals surface area contributed by atoms with E-state index in [9.17, 15) is 9.59 Å². The fraction of sp³-hybridized carbons (Fsp3) is 0.192. The molecule has 0 radical (unpaired) electrons. The zero-order chi connectivity index (χ0) is 23.2. The van der Waals surface area contributed by atoms with Crippen LogP contribution in [0, 0.1) is 0 Å². The first-order valence-corrected chi connectivity index (χ1v) is 11.7. The molecule has 0 saturated carbocycles. The van der Waals surface area contributed by atoms with E-state index in [1.165, 1.54) is 24.2 Å². The molecule has 4 rings (SSSR count). The third-order valence-corrected chi connectivity index (χ3v) is 6.30. The number of fused-ring (bicyclic) bond motifs is 1. The predicted octanol–water partition coefficient (Wildman–Crippen LogP) is 5.36. The molecule has 2 amide bonds. The summed E-state index contributed by atoms with van der Waals surface area (Å²) in [7, 11) is 0. The van der Waals surface area contributed by atoms with Gasteiger partial charge in [-0.15, -0.1) is 0 Å². The minimum absolute atomic E-state index is 0.103. The van der Waals surface area contributed by atoms with E-state index in [1.54, 1.807) is 24.3 Å². The predicted molar refractivity (Wildman–Crippen MR) is 135 cm³/mol. The van der Waals surface area contributed by atoms with Crippen LogP contribution in [0.3, 0.4) is 0 Å². The molecule has 0 bridgehead atoms. The Kier molecular flexibility index (Phi) is 7.10. The molecule has 1 unspecified atom stereocenters. The first-order valence-electron chi connectivity index (χ1n) is 10.8. The Bertz CT molecular complexity index is 1250. The molecule has 2 N–H and O–H groups in total. The van der Waals surface area contributed by atoms with Crippen molar-refractivity contribution in [1.82, 2.24) is 9.55 Å². The standard InChI is InChI=1S/C26H26N4O2S/c1-18(25(32)28-22-14-12-21(13-15-22)27-19(2)31)33-26-29-23-10-6-7-11-24(23)30(26)17-16-20-8-4-3-5-9-20/h3-15,18H,16-17H2,1-2H3,(H,27,31)(H,28,32). The summed E-state index contributed by atoms with van der Waals surface area (Å²) in [6, 6.07) is 25.5. The number of amides is 2. The summed E-state index contributed by atoms with van der Waals surface area (Å²) in [6.07, 6.45) is 0.885. The second-order valence-electron chi connectivity index (χ2n) is 7.78. The Morgan fingerprint density at radius 2 is 1.55 bits per heavy atom. The molecule has 0 fully saturated rings. The number of nitrogens with one attached hydrogen (secondary N) is 2. The molecular formula is C26H26N4O2S. The SMILES string of the molecule is CC(=O)Nc1ccc(NC(=O)C(C)Sc2nc3ccccc3n2CCc2ccccc2)cc1. The number of rotatable bonds is 8. The topological polar surface area (TPSA) is 76.0 Å². The van der Waals surface area contributed by atoms with Crippen LogP contribution in [0.5, 0.6) is 0 Å². The summed E-state index contributed by atoms with van der Waals surface area (Å²) < 4.78 is 2.19. The van der Waals surface area contributed by atoms with Crippen molar-refractivity contribution in [3.05, 3.63) is 84.4 Å². The summed E-state index contributed by atoms with van der Waals surface area (Å²) in [5.41, 5.74) is 4.63. The van der Waals surface area contributed by atoms with E-state index in [2.05, 4.69) is 33.4 Å². The third-order valence-electron chi connectivity index (χ3n) is 5.21. The highest BCUT2D eigenvalue weighted by molar-refractivity contribution is 8.00. The summed E-state index contributed by atoms with van der Waals surface area (Å²) in [6.45, 7) is 4.13. The number of hydrogen-bond donors (Lipinski definition) is 2.